The zero-order valence-corrected chi connectivity index (χ0v) is 32.2. The second-order valence-electron chi connectivity index (χ2n) is 12.4. The normalized spacial score (nSPS) is 13.6. The lowest BCUT2D eigenvalue weighted by atomic mass is 10.0. The highest BCUT2D eigenvalue weighted by Crippen LogP contribution is 2.49. The van der Waals surface area contributed by atoms with Crippen LogP contribution in [0.2, 0.25) is 0 Å². The zero-order chi connectivity index (χ0) is 47.5. The summed E-state index contributed by atoms with van der Waals surface area (Å²) >= 11 is 0. The summed E-state index contributed by atoms with van der Waals surface area (Å²) in [6.45, 7) is 0. The Labute approximate surface area is 344 Å². The molecule has 0 atom stereocenters. The molecule has 0 unspecified atom stereocenters. The van der Waals surface area contributed by atoms with Gasteiger partial charge in [0, 0.05) is 0 Å². The van der Waals surface area contributed by atoms with E-state index in [1.165, 1.54) is 30.3 Å². The second kappa shape index (κ2) is 16.4. The van der Waals surface area contributed by atoms with Gasteiger partial charge in [0.05, 0.1) is 44.3 Å². The molecule has 0 fully saturated rings. The minimum atomic E-state index is -6.19. The number of benzene rings is 5. The van der Waals surface area contributed by atoms with Gasteiger partial charge in [-0.3, -0.25) is 0 Å². The Balaban J connectivity index is 1.54. The van der Waals surface area contributed by atoms with E-state index in [2.05, 4.69) is 8.37 Å². The Kier molecular flexibility index (Phi) is 12.6. The van der Waals surface area contributed by atoms with Crippen LogP contribution in [-0.2, 0) is 68.2 Å². The Morgan fingerprint density at radius 3 is 0.937 bits per heavy atom. The number of hydrogen-bond acceptors (Lipinski definition) is 6. The fraction of sp³-hybridized carbons (Fsp3) is 0.167. The van der Waals surface area contributed by atoms with Crippen molar-refractivity contribution in [2.75, 3.05) is 0 Å². The molecule has 0 aliphatic carbocycles. The van der Waals surface area contributed by atoms with E-state index in [0.717, 1.165) is 48.5 Å². The summed E-state index contributed by atoms with van der Waals surface area (Å²) in [4.78, 5) is -4.48. The largest absolute Gasteiger partial charge is 0.418 e. The Bertz CT molecular complexity index is 2540. The minimum absolute atomic E-state index is 0.111. The molecule has 5 aromatic rings. The first-order chi connectivity index (χ1) is 28.5. The summed E-state index contributed by atoms with van der Waals surface area (Å²) in [5.74, 6) is -1.88. The first-order valence-corrected chi connectivity index (χ1v) is 20.2. The highest BCUT2D eigenvalue weighted by molar-refractivity contribution is 7.97. The van der Waals surface area contributed by atoms with Crippen LogP contribution in [0.15, 0.2) is 128 Å². The average molecular weight is 984 g/mol. The number of halogens is 18. The van der Waals surface area contributed by atoms with Crippen molar-refractivity contribution in [3.8, 4) is 11.5 Å². The van der Waals surface area contributed by atoms with Gasteiger partial charge in [0.25, 0.3) is 0 Å². The van der Waals surface area contributed by atoms with Crippen LogP contribution in [-0.4, -0.2) is 16.8 Å². The minimum Gasteiger partial charge on any atom is -0.379 e. The first-order valence-electron chi connectivity index (χ1n) is 16.2. The lowest BCUT2D eigenvalue weighted by Crippen LogP contribution is -2.24. The Morgan fingerprint density at radius 2 is 0.667 bits per heavy atom. The van der Waals surface area contributed by atoms with E-state index in [9.17, 15) is 95.9 Å². The van der Waals surface area contributed by atoms with Crippen LogP contribution >= 0.6 is 0 Å². The van der Waals surface area contributed by atoms with Gasteiger partial charge in [0.2, 0.25) is 0 Å². The van der Waals surface area contributed by atoms with Crippen LogP contribution < -0.4 is 8.37 Å². The Hall–Kier alpha value is -5.31. The fourth-order valence-electron chi connectivity index (χ4n) is 5.56. The van der Waals surface area contributed by atoms with Gasteiger partial charge in [-0.15, -0.1) is 0 Å². The van der Waals surface area contributed by atoms with Crippen molar-refractivity contribution >= 4 is 31.1 Å². The monoisotopic (exact) mass is 983 g/mol. The quantitative estimate of drug-likeness (QED) is 0.0831. The molecule has 0 aromatic heterocycles. The van der Waals surface area contributed by atoms with Gasteiger partial charge in [0.15, 0.2) is 14.7 Å². The van der Waals surface area contributed by atoms with E-state index < -0.39 is 147 Å². The SMILES string of the molecule is O=S(=O)(Oc1ccc([S+](c2ccccc2)c2ccc(OS(=O)(=O)c3cc(C(F)(F)F)cc(C(F)(F)F)c3C(F)(F)F)cc2)cc1)c1cc(C(F)(F)F)cc(C(F)(F)F)c1C(F)(F)F. The van der Waals surface area contributed by atoms with Crippen LogP contribution in [0, 0.1) is 0 Å². The smallest absolute Gasteiger partial charge is 0.379 e. The van der Waals surface area contributed by atoms with Crippen molar-refractivity contribution in [2.24, 2.45) is 0 Å². The maximum atomic E-state index is 13.9. The van der Waals surface area contributed by atoms with Crippen molar-refractivity contribution in [1.82, 2.24) is 0 Å². The van der Waals surface area contributed by atoms with E-state index in [1.54, 1.807) is 0 Å². The molecule has 5 aromatic carbocycles. The van der Waals surface area contributed by atoms with E-state index in [-0.39, 0.29) is 9.79 Å². The molecule has 0 radical (unpaired) electrons. The van der Waals surface area contributed by atoms with Gasteiger partial charge in [-0.05, 0) is 84.9 Å². The molecular formula is C36H17F18O6S3+. The number of alkyl halides is 18. The molecular weight excluding hydrogens is 967 g/mol. The van der Waals surface area contributed by atoms with Crippen LogP contribution in [0.3, 0.4) is 0 Å². The molecule has 0 bridgehead atoms. The maximum Gasteiger partial charge on any atom is 0.418 e. The summed E-state index contributed by atoms with van der Waals surface area (Å²) < 4.78 is 307. The van der Waals surface area contributed by atoms with Crippen LogP contribution in [0.4, 0.5) is 79.0 Å². The summed E-state index contributed by atoms with van der Waals surface area (Å²) in [6, 6.07) is 11.2. The highest BCUT2D eigenvalue weighted by atomic mass is 32.2. The van der Waals surface area contributed by atoms with Gasteiger partial charge < -0.3 is 8.37 Å². The third kappa shape index (κ3) is 10.9. The molecule has 0 N–H and O–H groups in total. The second-order valence-corrected chi connectivity index (χ2v) is 17.5. The van der Waals surface area contributed by atoms with Crippen molar-refractivity contribution < 1.29 is 104 Å². The van der Waals surface area contributed by atoms with Crippen LogP contribution in [0.1, 0.15) is 33.4 Å². The van der Waals surface area contributed by atoms with E-state index in [4.69, 9.17) is 0 Å². The van der Waals surface area contributed by atoms with Crippen LogP contribution in [0.5, 0.6) is 11.5 Å². The zero-order valence-electron chi connectivity index (χ0n) is 29.8. The Morgan fingerprint density at radius 1 is 0.365 bits per heavy atom. The lowest BCUT2D eigenvalue weighted by Gasteiger charge is -2.21. The summed E-state index contributed by atoms with van der Waals surface area (Å²) in [5.41, 5.74) is -16.8. The van der Waals surface area contributed by atoms with Gasteiger partial charge in [-0.1, -0.05) is 18.2 Å². The highest BCUT2D eigenvalue weighted by Gasteiger charge is 2.51. The van der Waals surface area contributed by atoms with E-state index in [0.29, 0.717) is 4.90 Å². The summed E-state index contributed by atoms with van der Waals surface area (Å²) in [5, 5.41) is 0. The van der Waals surface area contributed by atoms with Crippen molar-refractivity contribution in [3.05, 3.63) is 137 Å². The molecule has 340 valence electrons. The molecule has 0 aliphatic heterocycles. The predicted molar refractivity (Wildman–Crippen MR) is 180 cm³/mol. The summed E-state index contributed by atoms with van der Waals surface area (Å²) in [7, 11) is -13.8. The van der Waals surface area contributed by atoms with Gasteiger partial charge in [-0.2, -0.15) is 95.9 Å². The lowest BCUT2D eigenvalue weighted by molar-refractivity contribution is -0.165. The molecule has 0 amide bonds. The first kappa shape index (κ1) is 48.7. The molecule has 0 spiro atoms. The summed E-state index contributed by atoms with van der Waals surface area (Å²) in [6.07, 6.45) is -36.2. The maximum absolute atomic E-state index is 13.9. The third-order valence-corrected chi connectivity index (χ3v) is 12.9. The molecule has 6 nitrogen and oxygen atoms in total. The van der Waals surface area contributed by atoms with Gasteiger partial charge in [0.1, 0.15) is 21.3 Å². The van der Waals surface area contributed by atoms with Gasteiger partial charge in [-0.25, -0.2) is 0 Å². The number of rotatable bonds is 9. The van der Waals surface area contributed by atoms with Crippen LogP contribution in [0.25, 0.3) is 0 Å². The topological polar surface area (TPSA) is 86.7 Å². The van der Waals surface area contributed by atoms with Crippen molar-refractivity contribution in [3.63, 3.8) is 0 Å². The molecule has 0 aliphatic rings. The van der Waals surface area contributed by atoms with Crippen molar-refractivity contribution in [2.45, 2.75) is 61.5 Å². The molecule has 27 heteroatoms. The fourth-order valence-corrected chi connectivity index (χ4v) is 10.0. The third-order valence-electron chi connectivity index (χ3n) is 8.09. The molecule has 63 heavy (non-hydrogen) atoms. The standard InChI is InChI=1S/C36H17F18O6S3/c37-31(38,39)18-14-25(33(43,44)45)29(35(49,50)51)27(16-18)62(55,56)59-20-6-10-23(11-7-20)61(22-4-2-1-3-5-22)24-12-8-21(9-13-24)60-63(57,58)28-17-19(32(40,41)42)15-26(34(46,47)48)30(28)36(52,53)54/h1-17H/q+1. The molecule has 0 saturated heterocycles. The number of hydrogen-bond donors (Lipinski definition) is 0. The van der Waals surface area contributed by atoms with E-state index >= 15 is 0 Å². The molecule has 5 rings (SSSR count). The predicted octanol–water partition coefficient (Wildman–Crippen LogP) is 12.4. The molecule has 0 saturated carbocycles. The van der Waals surface area contributed by atoms with Gasteiger partial charge >= 0.3 is 57.3 Å². The van der Waals surface area contributed by atoms with Crippen molar-refractivity contribution in [1.29, 1.82) is 0 Å². The van der Waals surface area contributed by atoms with E-state index in [1.807, 2.05) is 0 Å². The molecule has 0 heterocycles. The average Bonchev–Trinajstić information content (AvgIpc) is 3.13.